The summed E-state index contributed by atoms with van der Waals surface area (Å²) in [4.78, 5) is 42.9. The topological polar surface area (TPSA) is 132 Å². The van der Waals surface area contributed by atoms with E-state index in [4.69, 9.17) is 24.0 Å². The largest absolute Gasteiger partial charge is 0.469 e. The molecule has 0 aliphatic carbocycles. The van der Waals surface area contributed by atoms with Crippen molar-refractivity contribution < 1.29 is 42.7 Å². The maximum atomic E-state index is 12.4. The van der Waals surface area contributed by atoms with Crippen LogP contribution in [0.3, 0.4) is 0 Å². The first kappa shape index (κ1) is 50.2. The number of hydrogen-bond donors (Lipinski definition) is 2. The lowest BCUT2D eigenvalue weighted by atomic mass is 10.0. The van der Waals surface area contributed by atoms with Crippen molar-refractivity contribution in [2.24, 2.45) is 0 Å². The summed E-state index contributed by atoms with van der Waals surface area (Å²) >= 11 is 0. The standard InChI is InChI=1S/C44H79O9P/c1-3-5-7-9-11-13-14-15-16-17-18-19-20-21-23-25-27-33-37-44(46)52-40(39-51-54(47,48)49)38-50-43(45)36-32-29-28-31-35-42-41(53-42)34-30-26-24-22-12-10-8-6-4-2/h12,22,26,28,30-31,40-42H,3-11,13-21,23-25,27,29,32-39H2,1-2H3,(H2,47,48,49)/b22-12-,30-26-,31-28-/t40-,41?,42?/m1/s1. The average molecular weight is 783 g/mol. The average Bonchev–Trinajstić information content (AvgIpc) is 3.90. The van der Waals surface area contributed by atoms with E-state index in [0.29, 0.717) is 12.8 Å². The molecule has 0 saturated carbocycles. The highest BCUT2D eigenvalue weighted by Gasteiger charge is 2.36. The van der Waals surface area contributed by atoms with E-state index in [2.05, 4.69) is 48.8 Å². The zero-order chi connectivity index (χ0) is 39.4. The summed E-state index contributed by atoms with van der Waals surface area (Å²) in [5.74, 6) is -0.951. The van der Waals surface area contributed by atoms with E-state index in [1.807, 2.05) is 6.08 Å². The Morgan fingerprint density at radius 3 is 1.57 bits per heavy atom. The molecule has 0 aromatic carbocycles. The Bertz CT molecular complexity index is 1040. The van der Waals surface area contributed by atoms with Crippen molar-refractivity contribution in [2.45, 2.75) is 218 Å². The van der Waals surface area contributed by atoms with Crippen LogP contribution in [0.4, 0.5) is 0 Å². The highest BCUT2D eigenvalue weighted by atomic mass is 31.2. The monoisotopic (exact) mass is 783 g/mol. The Hall–Kier alpha value is -1.77. The molecule has 0 aromatic rings. The van der Waals surface area contributed by atoms with Gasteiger partial charge in [-0.3, -0.25) is 14.1 Å². The molecular formula is C44H79O9P. The number of carbonyl (C=O) groups is 2. The van der Waals surface area contributed by atoms with Crippen LogP contribution in [-0.2, 0) is 32.9 Å². The number of epoxide rings is 1. The quantitative estimate of drug-likeness (QED) is 0.0205. The van der Waals surface area contributed by atoms with E-state index in [1.165, 1.54) is 109 Å². The predicted octanol–water partition coefficient (Wildman–Crippen LogP) is 12.3. The molecule has 1 heterocycles. The molecule has 0 radical (unpaired) electrons. The van der Waals surface area contributed by atoms with Crippen molar-refractivity contribution in [1.29, 1.82) is 0 Å². The van der Waals surface area contributed by atoms with Crippen LogP contribution >= 0.6 is 7.82 Å². The number of phosphoric acid groups is 1. The Morgan fingerprint density at radius 1 is 0.574 bits per heavy atom. The number of ether oxygens (including phenoxy) is 3. The molecular weight excluding hydrogens is 703 g/mol. The molecule has 54 heavy (non-hydrogen) atoms. The van der Waals surface area contributed by atoms with Crippen LogP contribution in [0.2, 0.25) is 0 Å². The summed E-state index contributed by atoms with van der Waals surface area (Å²) in [6.45, 7) is 3.62. The lowest BCUT2D eigenvalue weighted by molar-refractivity contribution is -0.161. The van der Waals surface area contributed by atoms with Gasteiger partial charge in [-0.2, -0.15) is 0 Å². The molecule has 0 aromatic heterocycles. The van der Waals surface area contributed by atoms with Gasteiger partial charge in [-0.15, -0.1) is 0 Å². The van der Waals surface area contributed by atoms with Crippen LogP contribution in [-0.4, -0.2) is 53.3 Å². The first-order valence-electron chi connectivity index (χ1n) is 21.9. The predicted molar refractivity (Wildman–Crippen MR) is 220 cm³/mol. The fourth-order valence-corrected chi connectivity index (χ4v) is 6.77. The van der Waals surface area contributed by atoms with E-state index in [-0.39, 0.29) is 31.7 Å². The van der Waals surface area contributed by atoms with Gasteiger partial charge >= 0.3 is 19.8 Å². The van der Waals surface area contributed by atoms with Crippen molar-refractivity contribution in [3.05, 3.63) is 36.5 Å². The minimum atomic E-state index is -4.77. The molecule has 0 amide bonds. The zero-order valence-corrected chi connectivity index (χ0v) is 35.2. The molecule has 1 fully saturated rings. The van der Waals surface area contributed by atoms with Crippen molar-refractivity contribution in [1.82, 2.24) is 0 Å². The van der Waals surface area contributed by atoms with Gasteiger partial charge in [0.15, 0.2) is 6.10 Å². The Kier molecular flexibility index (Phi) is 33.2. The van der Waals surface area contributed by atoms with Gasteiger partial charge in [0.1, 0.15) is 6.61 Å². The van der Waals surface area contributed by atoms with Crippen LogP contribution in [0.15, 0.2) is 36.5 Å². The van der Waals surface area contributed by atoms with Gasteiger partial charge in [0.2, 0.25) is 0 Å². The van der Waals surface area contributed by atoms with Crippen molar-refractivity contribution in [2.75, 3.05) is 13.2 Å². The number of esters is 2. The van der Waals surface area contributed by atoms with Gasteiger partial charge in [0, 0.05) is 12.8 Å². The molecule has 1 aliphatic rings. The van der Waals surface area contributed by atoms with E-state index >= 15 is 0 Å². The van der Waals surface area contributed by atoms with Gasteiger partial charge in [0.05, 0.1) is 18.8 Å². The number of rotatable bonds is 39. The van der Waals surface area contributed by atoms with Crippen LogP contribution in [0.1, 0.15) is 200 Å². The van der Waals surface area contributed by atoms with E-state index < -0.39 is 32.5 Å². The number of allylic oxidation sites excluding steroid dienone is 4. The van der Waals surface area contributed by atoms with Crippen molar-refractivity contribution >= 4 is 19.8 Å². The van der Waals surface area contributed by atoms with E-state index in [1.54, 1.807) is 0 Å². The summed E-state index contributed by atoms with van der Waals surface area (Å²) in [5, 5.41) is 0. The number of hydrogen-bond acceptors (Lipinski definition) is 7. The van der Waals surface area contributed by atoms with Gasteiger partial charge < -0.3 is 24.0 Å². The van der Waals surface area contributed by atoms with Gasteiger partial charge in [0.25, 0.3) is 0 Å². The van der Waals surface area contributed by atoms with Crippen LogP contribution in [0, 0.1) is 0 Å². The Labute approximate surface area is 329 Å². The molecule has 1 aliphatic heterocycles. The molecule has 1 rings (SSSR count). The smallest absolute Gasteiger partial charge is 0.462 e. The Balaban J connectivity index is 2.08. The normalized spacial score (nSPS) is 16.5. The second-order valence-corrected chi connectivity index (χ2v) is 16.3. The lowest BCUT2D eigenvalue weighted by Crippen LogP contribution is -2.29. The third-order valence-electron chi connectivity index (χ3n) is 9.81. The van der Waals surface area contributed by atoms with Gasteiger partial charge in [-0.05, 0) is 51.4 Å². The number of unbranched alkanes of at least 4 members (excludes halogenated alkanes) is 21. The highest BCUT2D eigenvalue weighted by molar-refractivity contribution is 7.46. The Morgan fingerprint density at radius 2 is 1.02 bits per heavy atom. The van der Waals surface area contributed by atoms with Gasteiger partial charge in [-0.1, -0.05) is 172 Å². The molecule has 0 spiro atoms. The summed E-state index contributed by atoms with van der Waals surface area (Å²) < 4.78 is 32.1. The minimum absolute atomic E-state index is 0.185. The number of carbonyl (C=O) groups excluding carboxylic acids is 2. The second kappa shape index (κ2) is 35.6. The molecule has 9 nitrogen and oxygen atoms in total. The first-order valence-corrected chi connectivity index (χ1v) is 23.4. The van der Waals surface area contributed by atoms with E-state index in [0.717, 1.165) is 51.4 Å². The van der Waals surface area contributed by atoms with Gasteiger partial charge in [-0.25, -0.2) is 4.57 Å². The van der Waals surface area contributed by atoms with Crippen molar-refractivity contribution in [3.63, 3.8) is 0 Å². The molecule has 3 atom stereocenters. The third kappa shape index (κ3) is 34.7. The van der Waals surface area contributed by atoms with Crippen LogP contribution < -0.4 is 0 Å². The maximum Gasteiger partial charge on any atom is 0.469 e. The molecule has 1 saturated heterocycles. The van der Waals surface area contributed by atoms with Crippen molar-refractivity contribution in [3.8, 4) is 0 Å². The van der Waals surface area contributed by atoms with Crippen LogP contribution in [0.5, 0.6) is 0 Å². The third-order valence-corrected chi connectivity index (χ3v) is 10.3. The minimum Gasteiger partial charge on any atom is -0.462 e. The second-order valence-electron chi connectivity index (χ2n) is 15.1. The maximum absolute atomic E-state index is 12.4. The summed E-state index contributed by atoms with van der Waals surface area (Å²) in [6.07, 6.45) is 44.7. The molecule has 2 N–H and O–H groups in total. The zero-order valence-electron chi connectivity index (χ0n) is 34.3. The fourth-order valence-electron chi connectivity index (χ4n) is 6.41. The number of phosphoric ester groups is 1. The lowest BCUT2D eigenvalue weighted by Gasteiger charge is -2.18. The van der Waals surface area contributed by atoms with E-state index in [9.17, 15) is 14.2 Å². The SMILES string of the molecule is CCCCC/C=C\C/C=C\CC1OC1C/C=C\CCCC(=O)OC[C@H](COP(=O)(O)O)OC(=O)CCCCCCCCCCCCCCCCCCCC. The molecule has 0 bridgehead atoms. The summed E-state index contributed by atoms with van der Waals surface area (Å²) in [6, 6.07) is 0. The summed E-state index contributed by atoms with van der Waals surface area (Å²) in [7, 11) is -4.77. The molecule has 10 heteroatoms. The molecule has 2 unspecified atom stereocenters. The fraction of sp³-hybridized carbons (Fsp3) is 0.818. The first-order chi connectivity index (χ1) is 26.2. The highest BCUT2D eigenvalue weighted by Crippen LogP contribution is 2.36. The van der Waals surface area contributed by atoms with Crippen LogP contribution in [0.25, 0.3) is 0 Å². The summed E-state index contributed by atoms with van der Waals surface area (Å²) in [5.41, 5.74) is 0. The molecule has 314 valence electrons.